The van der Waals surface area contributed by atoms with E-state index in [1.54, 1.807) is 0 Å². The first-order chi connectivity index (χ1) is 16.5. The van der Waals surface area contributed by atoms with Gasteiger partial charge in [0, 0.05) is 35.8 Å². The fourth-order valence-corrected chi connectivity index (χ4v) is 4.81. The Kier molecular flexibility index (Phi) is 6.01. The fraction of sp³-hybridized carbons (Fsp3) is 0.333. The highest BCUT2D eigenvalue weighted by molar-refractivity contribution is 5.77. The number of piperidine rings is 1. The molecule has 34 heavy (non-hydrogen) atoms. The highest BCUT2D eigenvalue weighted by Gasteiger charge is 2.26. The highest BCUT2D eigenvalue weighted by Crippen LogP contribution is 2.20. The standard InChI is InChI=1S/C27H29N5O2/c1-19-11-9-10-16-30(19)24(33)18-31-20(2)23(17-21-12-5-3-6-13-21)26(34)32-27(31)28-25(29-32)22-14-7-4-8-15-22/h3-8,12-15,19H,9-11,16-18H2,1-2H3. The van der Waals surface area contributed by atoms with Crippen LogP contribution < -0.4 is 5.56 Å². The van der Waals surface area contributed by atoms with Crippen molar-refractivity contribution >= 4 is 11.7 Å². The summed E-state index contributed by atoms with van der Waals surface area (Å²) in [5.74, 6) is 0.924. The van der Waals surface area contributed by atoms with Crippen LogP contribution in [0.4, 0.5) is 0 Å². The van der Waals surface area contributed by atoms with Gasteiger partial charge < -0.3 is 9.47 Å². The summed E-state index contributed by atoms with van der Waals surface area (Å²) in [5, 5.41) is 4.57. The van der Waals surface area contributed by atoms with Gasteiger partial charge in [0.1, 0.15) is 6.54 Å². The first-order valence-electron chi connectivity index (χ1n) is 11.9. The molecule has 0 bridgehead atoms. The number of hydrogen-bond acceptors (Lipinski definition) is 4. The van der Waals surface area contributed by atoms with E-state index < -0.39 is 0 Å². The SMILES string of the molecule is Cc1c(Cc2ccccc2)c(=O)n2nc(-c3ccccc3)nc2n1CC(=O)N1CCCCC1C. The Balaban J connectivity index is 1.64. The molecule has 0 spiro atoms. The molecule has 0 saturated carbocycles. The van der Waals surface area contributed by atoms with Gasteiger partial charge in [0.25, 0.3) is 5.56 Å². The second-order valence-corrected chi connectivity index (χ2v) is 9.06. The molecular formula is C27H29N5O2. The summed E-state index contributed by atoms with van der Waals surface area (Å²) >= 11 is 0. The van der Waals surface area contributed by atoms with Gasteiger partial charge in [-0.1, -0.05) is 60.7 Å². The van der Waals surface area contributed by atoms with Crippen molar-refractivity contribution in [3.05, 3.63) is 87.8 Å². The molecule has 5 rings (SSSR count). The molecule has 1 aliphatic rings. The van der Waals surface area contributed by atoms with E-state index in [4.69, 9.17) is 4.98 Å². The third kappa shape index (κ3) is 4.14. The van der Waals surface area contributed by atoms with Gasteiger partial charge in [-0.25, -0.2) is 0 Å². The average molecular weight is 456 g/mol. The normalized spacial score (nSPS) is 16.2. The van der Waals surface area contributed by atoms with Crippen LogP contribution in [0.5, 0.6) is 0 Å². The van der Waals surface area contributed by atoms with E-state index in [0.29, 0.717) is 23.6 Å². The Morgan fingerprint density at radius 1 is 1.03 bits per heavy atom. The number of rotatable bonds is 5. The number of amides is 1. The van der Waals surface area contributed by atoms with Crippen molar-refractivity contribution < 1.29 is 4.79 Å². The van der Waals surface area contributed by atoms with E-state index in [1.165, 1.54) is 4.52 Å². The van der Waals surface area contributed by atoms with E-state index in [-0.39, 0.29) is 24.1 Å². The van der Waals surface area contributed by atoms with Crippen molar-refractivity contribution in [1.82, 2.24) is 24.1 Å². The van der Waals surface area contributed by atoms with E-state index in [1.807, 2.05) is 77.1 Å². The first-order valence-corrected chi connectivity index (χ1v) is 11.9. The fourth-order valence-electron chi connectivity index (χ4n) is 4.81. The van der Waals surface area contributed by atoms with E-state index in [0.717, 1.165) is 42.6 Å². The maximum Gasteiger partial charge on any atom is 0.279 e. The van der Waals surface area contributed by atoms with Crippen LogP contribution in [0.1, 0.15) is 43.0 Å². The number of carbonyl (C=O) groups excluding carboxylic acids is 1. The molecule has 2 aromatic heterocycles. The zero-order valence-corrected chi connectivity index (χ0v) is 19.6. The van der Waals surface area contributed by atoms with Crippen LogP contribution in [0.2, 0.25) is 0 Å². The molecule has 174 valence electrons. The predicted molar refractivity (Wildman–Crippen MR) is 132 cm³/mol. The molecule has 0 radical (unpaired) electrons. The molecule has 7 nitrogen and oxygen atoms in total. The lowest BCUT2D eigenvalue weighted by molar-refractivity contribution is -0.135. The molecule has 7 heteroatoms. The Bertz CT molecular complexity index is 1380. The lowest BCUT2D eigenvalue weighted by Crippen LogP contribution is -2.44. The Labute approximate surface area is 198 Å². The second kappa shape index (κ2) is 9.25. The van der Waals surface area contributed by atoms with Crippen LogP contribution in [0.25, 0.3) is 17.2 Å². The predicted octanol–water partition coefficient (Wildman–Crippen LogP) is 3.86. The zero-order valence-electron chi connectivity index (χ0n) is 19.6. The average Bonchev–Trinajstić information content (AvgIpc) is 3.31. The van der Waals surface area contributed by atoms with Crippen LogP contribution in [0, 0.1) is 6.92 Å². The summed E-state index contributed by atoms with van der Waals surface area (Å²) in [6.07, 6.45) is 3.66. The lowest BCUT2D eigenvalue weighted by Gasteiger charge is -2.34. The number of aromatic nitrogens is 4. The van der Waals surface area contributed by atoms with Gasteiger partial charge in [-0.2, -0.15) is 9.50 Å². The van der Waals surface area contributed by atoms with Crippen molar-refractivity contribution in [2.75, 3.05) is 6.54 Å². The van der Waals surface area contributed by atoms with Crippen molar-refractivity contribution in [3.63, 3.8) is 0 Å². The molecule has 0 N–H and O–H groups in total. The Morgan fingerprint density at radius 2 is 1.74 bits per heavy atom. The molecule has 1 atom stereocenters. The zero-order chi connectivity index (χ0) is 23.7. The number of nitrogens with zero attached hydrogens (tertiary/aromatic N) is 5. The maximum absolute atomic E-state index is 13.5. The van der Waals surface area contributed by atoms with Crippen molar-refractivity contribution in [1.29, 1.82) is 0 Å². The second-order valence-electron chi connectivity index (χ2n) is 9.06. The lowest BCUT2D eigenvalue weighted by atomic mass is 10.0. The minimum Gasteiger partial charge on any atom is -0.338 e. The summed E-state index contributed by atoms with van der Waals surface area (Å²) < 4.78 is 3.23. The monoisotopic (exact) mass is 455 g/mol. The number of hydrogen-bond donors (Lipinski definition) is 0. The highest BCUT2D eigenvalue weighted by atomic mass is 16.2. The smallest absolute Gasteiger partial charge is 0.279 e. The van der Waals surface area contributed by atoms with Crippen LogP contribution in [-0.4, -0.2) is 42.6 Å². The van der Waals surface area contributed by atoms with E-state index in [9.17, 15) is 9.59 Å². The molecule has 3 heterocycles. The van der Waals surface area contributed by atoms with Crippen molar-refractivity contribution in [3.8, 4) is 11.4 Å². The molecule has 1 aliphatic heterocycles. The van der Waals surface area contributed by atoms with Crippen LogP contribution in [0.3, 0.4) is 0 Å². The summed E-state index contributed by atoms with van der Waals surface area (Å²) in [6.45, 7) is 4.92. The topological polar surface area (TPSA) is 72.5 Å². The number of benzene rings is 2. The number of carbonyl (C=O) groups is 1. The van der Waals surface area contributed by atoms with Crippen LogP contribution in [0.15, 0.2) is 65.5 Å². The minimum absolute atomic E-state index is 0.0516. The first kappa shape index (κ1) is 22.1. The van der Waals surface area contributed by atoms with Crippen molar-refractivity contribution in [2.24, 2.45) is 0 Å². The van der Waals surface area contributed by atoms with Gasteiger partial charge in [-0.15, -0.1) is 5.10 Å². The number of likely N-dealkylation sites (tertiary alicyclic amines) is 1. The summed E-state index contributed by atoms with van der Waals surface area (Å²) in [4.78, 5) is 33.6. The van der Waals surface area contributed by atoms with E-state index in [2.05, 4.69) is 12.0 Å². The van der Waals surface area contributed by atoms with E-state index >= 15 is 0 Å². The summed E-state index contributed by atoms with van der Waals surface area (Å²) in [7, 11) is 0. The van der Waals surface area contributed by atoms with Crippen molar-refractivity contribution in [2.45, 2.75) is 52.1 Å². The third-order valence-electron chi connectivity index (χ3n) is 6.80. The van der Waals surface area contributed by atoms with Gasteiger partial charge >= 0.3 is 0 Å². The van der Waals surface area contributed by atoms with Gasteiger partial charge in [0.05, 0.1) is 0 Å². The van der Waals surface area contributed by atoms with Crippen LogP contribution >= 0.6 is 0 Å². The van der Waals surface area contributed by atoms with Gasteiger partial charge in [-0.05, 0) is 38.7 Å². The Hall–Kier alpha value is -3.74. The molecule has 1 amide bonds. The largest absolute Gasteiger partial charge is 0.338 e. The molecule has 1 saturated heterocycles. The molecule has 1 fully saturated rings. The molecular weight excluding hydrogens is 426 g/mol. The van der Waals surface area contributed by atoms with Gasteiger partial charge in [-0.3, -0.25) is 9.59 Å². The molecule has 0 aliphatic carbocycles. The molecule has 4 aromatic rings. The summed E-state index contributed by atoms with van der Waals surface area (Å²) in [6, 6.07) is 19.7. The minimum atomic E-state index is -0.193. The van der Waals surface area contributed by atoms with Crippen LogP contribution in [-0.2, 0) is 17.8 Å². The summed E-state index contributed by atoms with van der Waals surface area (Å²) in [5.41, 5.74) is 3.05. The maximum atomic E-state index is 13.5. The van der Waals surface area contributed by atoms with Gasteiger partial charge in [0.15, 0.2) is 5.82 Å². The number of fused-ring (bicyclic) bond motifs is 1. The molecule has 1 unspecified atom stereocenters. The quantitative estimate of drug-likeness (QED) is 0.458. The van der Waals surface area contributed by atoms with Gasteiger partial charge in [0.2, 0.25) is 11.7 Å². The Morgan fingerprint density at radius 3 is 2.44 bits per heavy atom. The third-order valence-corrected chi connectivity index (χ3v) is 6.80. The molecule has 2 aromatic carbocycles.